The molecule has 0 aliphatic heterocycles. The van der Waals surface area contributed by atoms with Crippen molar-refractivity contribution in [3.05, 3.63) is 48.3 Å². The molecule has 136 valence electrons. The Morgan fingerprint density at radius 3 is 2.69 bits per heavy atom. The molecular formula is C19H21FN4O2. The van der Waals surface area contributed by atoms with Gasteiger partial charge >= 0.3 is 0 Å². The van der Waals surface area contributed by atoms with E-state index in [0.717, 1.165) is 12.5 Å². The molecule has 7 heteroatoms. The van der Waals surface area contributed by atoms with Crippen LogP contribution in [0.3, 0.4) is 0 Å². The number of rotatable bonds is 7. The molecule has 0 saturated heterocycles. The summed E-state index contributed by atoms with van der Waals surface area (Å²) in [4.78, 5) is 15.8. The van der Waals surface area contributed by atoms with Gasteiger partial charge in [-0.3, -0.25) is 9.67 Å². The van der Waals surface area contributed by atoms with E-state index in [9.17, 15) is 9.18 Å². The van der Waals surface area contributed by atoms with Crippen LogP contribution in [-0.4, -0.2) is 28.2 Å². The Labute approximate surface area is 151 Å². The number of carbonyl (C=O) groups excluding carboxylic acids is 1. The number of aryl methyl sites for hydroxylation is 1. The first-order chi connectivity index (χ1) is 12.3. The second-order valence-electron chi connectivity index (χ2n) is 6.79. The lowest BCUT2D eigenvalue weighted by Gasteiger charge is -2.35. The Bertz CT molecular complexity index is 867. The molecule has 2 aromatic rings. The van der Waals surface area contributed by atoms with Gasteiger partial charge in [-0.1, -0.05) is 13.8 Å². The standard InChI is InChI=1S/C19H21FN4O2/c1-18(2,13-25)12-19(26-4,6-5-7-21)17-16(8-15(20)10-22-17)14-9-23-24(3)11-14/h5-6,8-11,13H,12H2,1-4H3. The fourth-order valence-corrected chi connectivity index (χ4v) is 2.91. The van der Waals surface area contributed by atoms with Crippen LogP contribution < -0.4 is 0 Å². The summed E-state index contributed by atoms with van der Waals surface area (Å²) in [6.07, 6.45) is 8.31. The number of nitriles is 1. The minimum absolute atomic E-state index is 0.226. The summed E-state index contributed by atoms with van der Waals surface area (Å²) < 4.78 is 21.3. The topological polar surface area (TPSA) is 80.8 Å². The summed E-state index contributed by atoms with van der Waals surface area (Å²) in [5.74, 6) is -0.503. The molecule has 0 amide bonds. The monoisotopic (exact) mass is 356 g/mol. The Balaban J connectivity index is 2.74. The van der Waals surface area contributed by atoms with E-state index in [2.05, 4.69) is 10.1 Å². The van der Waals surface area contributed by atoms with Crippen LogP contribution in [-0.2, 0) is 22.2 Å². The van der Waals surface area contributed by atoms with Gasteiger partial charge in [0, 0.05) is 43.0 Å². The van der Waals surface area contributed by atoms with Gasteiger partial charge in [-0.2, -0.15) is 10.4 Å². The van der Waals surface area contributed by atoms with Gasteiger partial charge in [-0.05, 0) is 18.6 Å². The lowest BCUT2D eigenvalue weighted by molar-refractivity contribution is -0.118. The number of methoxy groups -OCH3 is 1. The number of halogens is 1. The fraction of sp³-hybridized carbons (Fsp3) is 0.368. The number of pyridine rings is 1. The summed E-state index contributed by atoms with van der Waals surface area (Å²) >= 11 is 0. The number of nitrogens with zero attached hydrogens (tertiary/aromatic N) is 4. The van der Waals surface area contributed by atoms with E-state index >= 15 is 0 Å². The first kappa shape index (κ1) is 19.5. The van der Waals surface area contributed by atoms with Gasteiger partial charge in [-0.15, -0.1) is 0 Å². The number of hydrogen-bond donors (Lipinski definition) is 0. The maximum absolute atomic E-state index is 13.9. The number of ether oxygens (including phenoxy) is 1. The van der Waals surface area contributed by atoms with Crippen molar-refractivity contribution in [3.63, 3.8) is 0 Å². The van der Waals surface area contributed by atoms with Gasteiger partial charge < -0.3 is 9.53 Å². The molecule has 0 fully saturated rings. The molecule has 26 heavy (non-hydrogen) atoms. The van der Waals surface area contributed by atoms with Gasteiger partial charge in [0.25, 0.3) is 0 Å². The highest BCUT2D eigenvalue weighted by Crippen LogP contribution is 2.41. The van der Waals surface area contributed by atoms with Crippen LogP contribution in [0, 0.1) is 22.6 Å². The van der Waals surface area contributed by atoms with Crippen molar-refractivity contribution in [1.82, 2.24) is 14.8 Å². The van der Waals surface area contributed by atoms with Crippen molar-refractivity contribution >= 4 is 6.29 Å². The summed E-state index contributed by atoms with van der Waals surface area (Å²) in [7, 11) is 3.23. The highest BCUT2D eigenvalue weighted by molar-refractivity contribution is 5.67. The van der Waals surface area contributed by atoms with Crippen LogP contribution in [0.2, 0.25) is 0 Å². The number of hydrogen-bond acceptors (Lipinski definition) is 5. The molecule has 0 radical (unpaired) electrons. The molecule has 2 heterocycles. The average Bonchev–Trinajstić information content (AvgIpc) is 3.05. The predicted molar refractivity (Wildman–Crippen MR) is 94.3 cm³/mol. The third-order valence-corrected chi connectivity index (χ3v) is 4.10. The Morgan fingerprint density at radius 2 is 2.15 bits per heavy atom. The second-order valence-corrected chi connectivity index (χ2v) is 6.79. The number of aldehydes is 1. The first-order valence-corrected chi connectivity index (χ1v) is 8.01. The largest absolute Gasteiger partial charge is 0.368 e. The first-order valence-electron chi connectivity index (χ1n) is 8.01. The van der Waals surface area contributed by atoms with Crippen LogP contribution in [0.15, 0.2) is 36.8 Å². The molecule has 0 aliphatic carbocycles. The molecule has 6 nitrogen and oxygen atoms in total. The van der Waals surface area contributed by atoms with E-state index < -0.39 is 16.8 Å². The Kier molecular flexibility index (Phi) is 5.68. The van der Waals surface area contributed by atoms with Crippen molar-refractivity contribution < 1.29 is 13.9 Å². The fourth-order valence-electron chi connectivity index (χ4n) is 2.91. The number of allylic oxidation sites excluding steroid dienone is 1. The maximum Gasteiger partial charge on any atom is 0.142 e. The molecular weight excluding hydrogens is 335 g/mol. The van der Waals surface area contributed by atoms with Crippen LogP contribution in [0.5, 0.6) is 0 Å². The van der Waals surface area contributed by atoms with Crippen LogP contribution in [0.25, 0.3) is 11.1 Å². The molecule has 0 saturated carbocycles. The maximum atomic E-state index is 13.9. The molecule has 0 bridgehead atoms. The zero-order valence-electron chi connectivity index (χ0n) is 15.2. The number of aromatic nitrogens is 3. The zero-order chi connectivity index (χ0) is 19.4. The van der Waals surface area contributed by atoms with Gasteiger partial charge in [0.15, 0.2) is 0 Å². The molecule has 0 aromatic carbocycles. The molecule has 2 aromatic heterocycles. The van der Waals surface area contributed by atoms with E-state index in [1.807, 2.05) is 6.07 Å². The van der Waals surface area contributed by atoms with Crippen LogP contribution >= 0.6 is 0 Å². The van der Waals surface area contributed by atoms with Crippen LogP contribution in [0.1, 0.15) is 26.0 Å². The van der Waals surface area contributed by atoms with E-state index in [0.29, 0.717) is 16.8 Å². The second kappa shape index (κ2) is 7.58. The van der Waals surface area contributed by atoms with Gasteiger partial charge in [0.1, 0.15) is 17.7 Å². The Morgan fingerprint density at radius 1 is 1.42 bits per heavy atom. The summed E-state index contributed by atoms with van der Waals surface area (Å²) in [6.45, 7) is 3.53. The van der Waals surface area contributed by atoms with E-state index in [1.54, 1.807) is 44.0 Å². The van der Waals surface area contributed by atoms with Crippen molar-refractivity contribution in [3.8, 4) is 17.2 Å². The van der Waals surface area contributed by atoms with Crippen molar-refractivity contribution in [2.45, 2.75) is 25.9 Å². The average molecular weight is 356 g/mol. The van der Waals surface area contributed by atoms with E-state index in [-0.39, 0.29) is 6.42 Å². The third kappa shape index (κ3) is 4.03. The smallest absolute Gasteiger partial charge is 0.142 e. The minimum Gasteiger partial charge on any atom is -0.368 e. The predicted octanol–water partition coefficient (Wildman–Crippen LogP) is 3.16. The highest BCUT2D eigenvalue weighted by Gasteiger charge is 2.39. The molecule has 0 spiro atoms. The summed E-state index contributed by atoms with van der Waals surface area (Å²) in [5, 5.41) is 13.1. The van der Waals surface area contributed by atoms with E-state index in [1.165, 1.54) is 19.3 Å². The molecule has 1 unspecified atom stereocenters. The molecule has 0 N–H and O–H groups in total. The van der Waals surface area contributed by atoms with Crippen molar-refractivity contribution in [2.75, 3.05) is 7.11 Å². The van der Waals surface area contributed by atoms with Gasteiger partial charge in [0.2, 0.25) is 0 Å². The van der Waals surface area contributed by atoms with Crippen molar-refractivity contribution in [1.29, 1.82) is 5.26 Å². The molecule has 2 rings (SSSR count). The quantitative estimate of drug-likeness (QED) is 0.562. The van der Waals surface area contributed by atoms with Gasteiger partial charge in [0.05, 0.1) is 24.2 Å². The third-order valence-electron chi connectivity index (χ3n) is 4.10. The normalized spacial score (nSPS) is 14.2. The lowest BCUT2D eigenvalue weighted by Crippen LogP contribution is -2.35. The van der Waals surface area contributed by atoms with Crippen molar-refractivity contribution in [2.24, 2.45) is 12.5 Å². The molecule has 1 atom stereocenters. The number of carbonyl (C=O) groups is 1. The zero-order valence-corrected chi connectivity index (χ0v) is 15.2. The van der Waals surface area contributed by atoms with Crippen LogP contribution in [0.4, 0.5) is 4.39 Å². The molecule has 0 aliphatic rings. The SMILES string of the molecule is COC(C=CC#N)(CC(C)(C)C=O)c1ncc(F)cc1-c1cnn(C)c1. The summed E-state index contributed by atoms with van der Waals surface area (Å²) in [5.41, 5.74) is -0.373. The van der Waals surface area contributed by atoms with E-state index in [4.69, 9.17) is 10.00 Å². The minimum atomic E-state index is -1.18. The Hall–Kier alpha value is -2.85. The highest BCUT2D eigenvalue weighted by atomic mass is 19.1. The van der Waals surface area contributed by atoms with Gasteiger partial charge in [-0.25, -0.2) is 4.39 Å². The lowest BCUT2D eigenvalue weighted by atomic mass is 9.77. The summed E-state index contributed by atoms with van der Waals surface area (Å²) in [6, 6.07) is 3.29.